The van der Waals surface area contributed by atoms with Crippen molar-refractivity contribution in [3.05, 3.63) is 44.7 Å². The number of halogens is 1. The fourth-order valence-electron chi connectivity index (χ4n) is 2.56. The fourth-order valence-corrected chi connectivity index (χ4v) is 3.73. The third kappa shape index (κ3) is 3.49. The Morgan fingerprint density at radius 1 is 1.26 bits per heavy atom. The van der Waals surface area contributed by atoms with Gasteiger partial charge in [0.1, 0.15) is 0 Å². The Morgan fingerprint density at radius 3 is 2.52 bits per heavy atom. The van der Waals surface area contributed by atoms with Crippen molar-refractivity contribution < 1.29 is 9.53 Å². The highest BCUT2D eigenvalue weighted by atomic mass is 35.5. The first-order valence-electron chi connectivity index (χ1n) is 7.43. The third-order valence-corrected chi connectivity index (χ3v) is 5.15. The standard InChI is InChI=1S/C16H18ClN3O2S/c1-11-15(12(2)21)23-16(18-14-5-3-13(17)4-6-14)20(11)19-7-9-22-10-8-19/h3-6H,7-10H2,1-2H3. The number of carbonyl (C=O) groups is 1. The number of rotatable bonds is 3. The zero-order valence-electron chi connectivity index (χ0n) is 13.1. The second kappa shape index (κ2) is 6.86. The van der Waals surface area contributed by atoms with Crippen molar-refractivity contribution in [1.82, 2.24) is 4.68 Å². The Bertz CT molecular complexity index is 774. The summed E-state index contributed by atoms with van der Waals surface area (Å²) in [7, 11) is 0. The molecule has 1 aromatic heterocycles. The first-order chi connectivity index (χ1) is 11.1. The lowest BCUT2D eigenvalue weighted by Crippen LogP contribution is -2.48. The number of benzene rings is 1. The first kappa shape index (κ1) is 16.2. The van der Waals surface area contributed by atoms with E-state index in [4.69, 9.17) is 21.3 Å². The van der Waals surface area contributed by atoms with Crippen LogP contribution in [0.1, 0.15) is 22.3 Å². The summed E-state index contributed by atoms with van der Waals surface area (Å²) in [5, 5.41) is 2.85. The maximum atomic E-state index is 11.9. The number of nitrogens with zero attached hydrogens (tertiary/aromatic N) is 3. The molecule has 1 aliphatic heterocycles. The highest BCUT2D eigenvalue weighted by Gasteiger charge is 2.19. The molecular formula is C16H18ClN3O2S. The first-order valence-corrected chi connectivity index (χ1v) is 8.62. The van der Waals surface area contributed by atoms with E-state index in [1.165, 1.54) is 11.3 Å². The predicted octanol–water partition coefficient (Wildman–Crippen LogP) is 2.91. The average molecular weight is 352 g/mol. The maximum absolute atomic E-state index is 11.9. The molecule has 0 amide bonds. The summed E-state index contributed by atoms with van der Waals surface area (Å²) in [6.45, 7) is 6.47. The van der Waals surface area contributed by atoms with Crippen LogP contribution in [0.2, 0.25) is 5.02 Å². The molecule has 2 aromatic rings. The topological polar surface area (TPSA) is 46.8 Å². The third-order valence-electron chi connectivity index (χ3n) is 3.66. The smallest absolute Gasteiger partial charge is 0.209 e. The zero-order valence-corrected chi connectivity index (χ0v) is 14.7. The molecule has 3 rings (SSSR count). The van der Waals surface area contributed by atoms with Crippen LogP contribution in [0.25, 0.3) is 0 Å². The van der Waals surface area contributed by atoms with Crippen LogP contribution in [0.3, 0.4) is 0 Å². The van der Waals surface area contributed by atoms with Crippen molar-refractivity contribution in [3.8, 4) is 0 Å². The van der Waals surface area contributed by atoms with Gasteiger partial charge in [0.05, 0.1) is 42.6 Å². The highest BCUT2D eigenvalue weighted by molar-refractivity contribution is 7.11. The van der Waals surface area contributed by atoms with E-state index in [-0.39, 0.29) is 5.78 Å². The van der Waals surface area contributed by atoms with Crippen LogP contribution < -0.4 is 9.81 Å². The number of ketones is 1. The molecule has 0 radical (unpaired) electrons. The summed E-state index contributed by atoms with van der Waals surface area (Å²) in [5.41, 5.74) is 1.74. The molecule has 0 spiro atoms. The van der Waals surface area contributed by atoms with Crippen molar-refractivity contribution in [3.63, 3.8) is 0 Å². The number of morpholine rings is 1. The van der Waals surface area contributed by atoms with Crippen molar-refractivity contribution >= 4 is 34.4 Å². The van der Waals surface area contributed by atoms with Gasteiger partial charge in [0.25, 0.3) is 0 Å². The molecule has 0 unspecified atom stereocenters. The van der Waals surface area contributed by atoms with Crippen LogP contribution >= 0.6 is 22.9 Å². The number of ether oxygens (including phenoxy) is 1. The molecule has 0 bridgehead atoms. The molecule has 1 aliphatic rings. The number of aromatic nitrogens is 1. The van der Waals surface area contributed by atoms with Crippen LogP contribution in [0.15, 0.2) is 29.3 Å². The Morgan fingerprint density at radius 2 is 1.91 bits per heavy atom. The van der Waals surface area contributed by atoms with Crippen molar-refractivity contribution in [1.29, 1.82) is 0 Å². The summed E-state index contributed by atoms with van der Waals surface area (Å²) < 4.78 is 7.46. The van der Waals surface area contributed by atoms with Gasteiger partial charge >= 0.3 is 0 Å². The predicted molar refractivity (Wildman–Crippen MR) is 92.5 cm³/mol. The van der Waals surface area contributed by atoms with Crippen molar-refractivity contribution in [2.45, 2.75) is 13.8 Å². The summed E-state index contributed by atoms with van der Waals surface area (Å²) >= 11 is 7.35. The monoisotopic (exact) mass is 351 g/mol. The van der Waals surface area contributed by atoms with Crippen molar-refractivity contribution in [2.24, 2.45) is 4.99 Å². The minimum absolute atomic E-state index is 0.0621. The molecule has 0 atom stereocenters. The van der Waals surface area contributed by atoms with Gasteiger partial charge in [-0.05, 0) is 31.2 Å². The van der Waals surface area contributed by atoms with Gasteiger partial charge in [0, 0.05) is 11.9 Å². The molecule has 5 nitrogen and oxygen atoms in total. The van der Waals surface area contributed by atoms with E-state index in [1.54, 1.807) is 6.92 Å². The molecule has 122 valence electrons. The van der Waals surface area contributed by atoms with Gasteiger partial charge in [-0.2, -0.15) is 0 Å². The minimum Gasteiger partial charge on any atom is -0.378 e. The SMILES string of the molecule is CC(=O)c1sc(=Nc2ccc(Cl)cc2)n(N2CCOCC2)c1C. The van der Waals surface area contributed by atoms with E-state index in [0.29, 0.717) is 18.2 Å². The maximum Gasteiger partial charge on any atom is 0.209 e. The number of thiazole rings is 1. The number of Topliss-reactive ketones (excluding diaryl/α,β-unsaturated/α-hetero) is 1. The molecule has 2 heterocycles. The lowest BCUT2D eigenvalue weighted by atomic mass is 10.3. The second-order valence-corrected chi connectivity index (χ2v) is 6.74. The van der Waals surface area contributed by atoms with E-state index < -0.39 is 0 Å². The normalized spacial score (nSPS) is 16.0. The number of hydrogen-bond acceptors (Lipinski definition) is 5. The van der Waals surface area contributed by atoms with Gasteiger partial charge in [-0.3, -0.25) is 4.79 Å². The van der Waals surface area contributed by atoms with Crippen LogP contribution in [0.5, 0.6) is 0 Å². The molecule has 1 saturated heterocycles. The molecule has 0 aliphatic carbocycles. The Hall–Kier alpha value is -1.63. The van der Waals surface area contributed by atoms with Crippen LogP contribution in [-0.2, 0) is 4.74 Å². The van der Waals surface area contributed by atoms with Gasteiger partial charge in [0.2, 0.25) is 4.80 Å². The Balaban J connectivity index is 2.12. The molecule has 0 saturated carbocycles. The van der Waals surface area contributed by atoms with E-state index in [2.05, 4.69) is 5.01 Å². The van der Waals surface area contributed by atoms with Crippen LogP contribution in [-0.4, -0.2) is 36.8 Å². The zero-order chi connectivity index (χ0) is 16.4. The average Bonchev–Trinajstić information content (AvgIpc) is 2.87. The lowest BCUT2D eigenvalue weighted by Gasteiger charge is -2.30. The van der Waals surface area contributed by atoms with Gasteiger partial charge < -0.3 is 9.75 Å². The summed E-state index contributed by atoms with van der Waals surface area (Å²) in [4.78, 5) is 18.1. The highest BCUT2D eigenvalue weighted by Crippen LogP contribution is 2.18. The number of carbonyl (C=O) groups excluding carboxylic acids is 1. The van der Waals surface area contributed by atoms with Crippen LogP contribution in [0, 0.1) is 6.92 Å². The lowest BCUT2D eigenvalue weighted by molar-refractivity contribution is 0.101. The second-order valence-electron chi connectivity index (χ2n) is 5.32. The van der Waals surface area contributed by atoms with Gasteiger partial charge in [-0.15, -0.1) is 0 Å². The molecule has 7 heteroatoms. The molecule has 1 aromatic carbocycles. The van der Waals surface area contributed by atoms with Gasteiger partial charge in [-0.1, -0.05) is 22.9 Å². The van der Waals surface area contributed by atoms with Gasteiger partial charge in [0.15, 0.2) is 5.78 Å². The number of hydrogen-bond donors (Lipinski definition) is 0. The summed E-state index contributed by atoms with van der Waals surface area (Å²) in [6, 6.07) is 7.36. The summed E-state index contributed by atoms with van der Waals surface area (Å²) in [5.74, 6) is 0.0621. The summed E-state index contributed by atoms with van der Waals surface area (Å²) in [6.07, 6.45) is 0. The largest absolute Gasteiger partial charge is 0.378 e. The van der Waals surface area contributed by atoms with E-state index in [1.807, 2.05) is 35.9 Å². The van der Waals surface area contributed by atoms with Crippen LogP contribution in [0.4, 0.5) is 5.69 Å². The molecule has 1 fully saturated rings. The van der Waals surface area contributed by atoms with Gasteiger partial charge in [-0.25, -0.2) is 9.67 Å². The Labute approximate surface area is 143 Å². The van der Waals surface area contributed by atoms with E-state index >= 15 is 0 Å². The fraction of sp³-hybridized carbons (Fsp3) is 0.375. The Kier molecular flexibility index (Phi) is 4.84. The molecule has 0 N–H and O–H groups in total. The van der Waals surface area contributed by atoms with Crippen molar-refractivity contribution in [2.75, 3.05) is 31.3 Å². The molecular weight excluding hydrogens is 334 g/mol. The van der Waals surface area contributed by atoms with E-state index in [0.717, 1.165) is 34.1 Å². The quantitative estimate of drug-likeness (QED) is 0.799. The minimum atomic E-state index is 0.0621. The molecule has 23 heavy (non-hydrogen) atoms. The van der Waals surface area contributed by atoms with E-state index in [9.17, 15) is 4.79 Å².